The molecule has 0 aliphatic carbocycles. The molecule has 0 saturated carbocycles. The number of carbonyl (C=O) groups is 1. The molecule has 1 aromatic heterocycles. The Morgan fingerprint density at radius 1 is 1.62 bits per heavy atom. The van der Waals surface area contributed by atoms with Crippen LogP contribution >= 0.6 is 0 Å². The number of ether oxygens (including phenoxy) is 1. The molecule has 1 aliphatic heterocycles. The smallest absolute Gasteiger partial charge is 0.305 e. The van der Waals surface area contributed by atoms with E-state index < -0.39 is 5.97 Å². The van der Waals surface area contributed by atoms with Crippen LogP contribution in [0.5, 0.6) is 0 Å². The van der Waals surface area contributed by atoms with Gasteiger partial charge in [-0.25, -0.2) is 0 Å². The molecule has 1 unspecified atom stereocenters. The number of hydrogen-bond donors (Lipinski definition) is 1. The van der Waals surface area contributed by atoms with E-state index in [1.165, 1.54) is 0 Å². The lowest BCUT2D eigenvalue weighted by Gasteiger charge is -2.10. The molecular weight excluding hydrogens is 210 g/mol. The minimum atomic E-state index is -0.804. The second kappa shape index (κ2) is 4.61. The summed E-state index contributed by atoms with van der Waals surface area (Å²) in [5, 5.41) is 16.8. The first kappa shape index (κ1) is 11.1. The van der Waals surface area contributed by atoms with Crippen LogP contribution in [0.25, 0.3) is 0 Å². The van der Waals surface area contributed by atoms with Gasteiger partial charge in [-0.05, 0) is 13.3 Å². The summed E-state index contributed by atoms with van der Waals surface area (Å²) in [6.45, 7) is 3.68. The van der Waals surface area contributed by atoms with Crippen molar-refractivity contribution < 1.29 is 14.6 Å². The van der Waals surface area contributed by atoms with E-state index in [0.717, 1.165) is 24.7 Å². The molecule has 6 heteroatoms. The van der Waals surface area contributed by atoms with E-state index in [0.29, 0.717) is 13.2 Å². The van der Waals surface area contributed by atoms with Crippen molar-refractivity contribution in [3.8, 4) is 0 Å². The summed E-state index contributed by atoms with van der Waals surface area (Å²) in [4.78, 5) is 10.6. The first-order chi connectivity index (χ1) is 7.68. The summed E-state index contributed by atoms with van der Waals surface area (Å²) in [5.41, 5.74) is 0. The SMILES string of the molecule is Cc1nnc(C2CCOC2)n1CCC(=O)O. The first-order valence-electron chi connectivity index (χ1n) is 5.37. The monoisotopic (exact) mass is 225 g/mol. The fourth-order valence-electron chi connectivity index (χ4n) is 1.92. The van der Waals surface area contributed by atoms with Gasteiger partial charge in [-0.2, -0.15) is 0 Å². The van der Waals surface area contributed by atoms with Gasteiger partial charge >= 0.3 is 5.97 Å². The minimum Gasteiger partial charge on any atom is -0.481 e. The van der Waals surface area contributed by atoms with Crippen molar-refractivity contribution in [1.29, 1.82) is 0 Å². The van der Waals surface area contributed by atoms with Gasteiger partial charge in [-0.1, -0.05) is 0 Å². The standard InChI is InChI=1S/C10H15N3O3/c1-7-11-12-10(8-3-5-16-6-8)13(7)4-2-9(14)15/h8H,2-6H2,1H3,(H,14,15). The first-order valence-corrected chi connectivity index (χ1v) is 5.37. The largest absolute Gasteiger partial charge is 0.481 e. The fraction of sp³-hybridized carbons (Fsp3) is 0.700. The van der Waals surface area contributed by atoms with Crippen LogP contribution in [-0.4, -0.2) is 39.1 Å². The number of nitrogens with zero attached hydrogens (tertiary/aromatic N) is 3. The molecule has 1 saturated heterocycles. The molecule has 88 valence electrons. The Morgan fingerprint density at radius 3 is 3.06 bits per heavy atom. The van der Waals surface area contributed by atoms with Crippen molar-refractivity contribution >= 4 is 5.97 Å². The van der Waals surface area contributed by atoms with Gasteiger partial charge in [0.15, 0.2) is 0 Å². The molecule has 2 rings (SSSR count). The van der Waals surface area contributed by atoms with Crippen LogP contribution in [-0.2, 0) is 16.1 Å². The summed E-state index contributed by atoms with van der Waals surface area (Å²) in [6, 6.07) is 0. The molecule has 1 N–H and O–H groups in total. The number of rotatable bonds is 4. The molecule has 1 aliphatic rings. The van der Waals surface area contributed by atoms with Crippen molar-refractivity contribution in [3.05, 3.63) is 11.6 Å². The van der Waals surface area contributed by atoms with Crippen molar-refractivity contribution in [2.45, 2.75) is 32.2 Å². The third-order valence-electron chi connectivity index (χ3n) is 2.81. The number of aryl methyl sites for hydroxylation is 1. The molecule has 1 aromatic rings. The highest BCUT2D eigenvalue weighted by Gasteiger charge is 2.24. The van der Waals surface area contributed by atoms with Crippen LogP contribution < -0.4 is 0 Å². The van der Waals surface area contributed by atoms with Crippen LogP contribution in [0, 0.1) is 6.92 Å². The van der Waals surface area contributed by atoms with Gasteiger partial charge in [0.05, 0.1) is 13.0 Å². The normalized spacial score (nSPS) is 20.2. The second-order valence-corrected chi connectivity index (χ2v) is 3.96. The van der Waals surface area contributed by atoms with Crippen molar-refractivity contribution in [2.75, 3.05) is 13.2 Å². The van der Waals surface area contributed by atoms with Crippen LogP contribution in [0.15, 0.2) is 0 Å². The van der Waals surface area contributed by atoms with E-state index in [-0.39, 0.29) is 12.3 Å². The summed E-state index contributed by atoms with van der Waals surface area (Å²) < 4.78 is 7.19. The lowest BCUT2D eigenvalue weighted by molar-refractivity contribution is -0.137. The highest BCUT2D eigenvalue weighted by Crippen LogP contribution is 2.24. The Balaban J connectivity index is 2.14. The van der Waals surface area contributed by atoms with Gasteiger partial charge in [-0.15, -0.1) is 10.2 Å². The molecule has 1 fully saturated rings. The lowest BCUT2D eigenvalue weighted by Crippen LogP contribution is -2.13. The zero-order valence-corrected chi connectivity index (χ0v) is 9.22. The van der Waals surface area contributed by atoms with Gasteiger partial charge in [0.25, 0.3) is 0 Å². The third kappa shape index (κ3) is 2.21. The van der Waals surface area contributed by atoms with Crippen molar-refractivity contribution in [1.82, 2.24) is 14.8 Å². The molecule has 0 amide bonds. The highest BCUT2D eigenvalue weighted by molar-refractivity contribution is 5.66. The van der Waals surface area contributed by atoms with Crippen molar-refractivity contribution in [2.24, 2.45) is 0 Å². The Morgan fingerprint density at radius 2 is 2.44 bits per heavy atom. The fourth-order valence-corrected chi connectivity index (χ4v) is 1.92. The molecule has 0 radical (unpaired) electrons. The predicted molar refractivity (Wildman–Crippen MR) is 55.2 cm³/mol. The van der Waals surface area contributed by atoms with Gasteiger partial charge in [-0.3, -0.25) is 4.79 Å². The zero-order chi connectivity index (χ0) is 11.5. The number of aliphatic carboxylic acids is 1. The Hall–Kier alpha value is -1.43. The van der Waals surface area contributed by atoms with E-state index in [1.54, 1.807) is 0 Å². The molecule has 1 atom stereocenters. The topological polar surface area (TPSA) is 77.2 Å². The van der Waals surface area contributed by atoms with E-state index in [1.807, 2.05) is 11.5 Å². The Kier molecular flexibility index (Phi) is 3.19. The van der Waals surface area contributed by atoms with Gasteiger partial charge in [0.2, 0.25) is 0 Å². The molecule has 0 aromatic carbocycles. The predicted octanol–water partition coefficient (Wildman–Crippen LogP) is 0.565. The van der Waals surface area contributed by atoms with Gasteiger partial charge < -0.3 is 14.4 Å². The Bertz CT molecular complexity index is 383. The number of carboxylic acid groups (broad SMARTS) is 1. The molecule has 2 heterocycles. The number of carboxylic acids is 1. The van der Waals surface area contributed by atoms with Gasteiger partial charge in [0.1, 0.15) is 11.6 Å². The number of hydrogen-bond acceptors (Lipinski definition) is 4. The molecule has 0 bridgehead atoms. The summed E-state index contributed by atoms with van der Waals surface area (Å²) in [5.74, 6) is 1.08. The maximum absolute atomic E-state index is 10.6. The third-order valence-corrected chi connectivity index (χ3v) is 2.81. The Labute approximate surface area is 93.2 Å². The average molecular weight is 225 g/mol. The van der Waals surface area contributed by atoms with E-state index in [4.69, 9.17) is 9.84 Å². The summed E-state index contributed by atoms with van der Waals surface area (Å²) in [7, 11) is 0. The molecule has 16 heavy (non-hydrogen) atoms. The van der Waals surface area contributed by atoms with Gasteiger partial charge in [0, 0.05) is 19.1 Å². The van der Waals surface area contributed by atoms with Crippen LogP contribution in [0.3, 0.4) is 0 Å². The highest BCUT2D eigenvalue weighted by atomic mass is 16.5. The van der Waals surface area contributed by atoms with Crippen LogP contribution in [0.1, 0.15) is 30.4 Å². The van der Waals surface area contributed by atoms with Crippen molar-refractivity contribution in [3.63, 3.8) is 0 Å². The quantitative estimate of drug-likeness (QED) is 0.810. The summed E-state index contributed by atoms with van der Waals surface area (Å²) >= 11 is 0. The number of aromatic nitrogens is 3. The lowest BCUT2D eigenvalue weighted by atomic mass is 10.1. The minimum absolute atomic E-state index is 0.0967. The maximum Gasteiger partial charge on any atom is 0.305 e. The second-order valence-electron chi connectivity index (χ2n) is 3.96. The zero-order valence-electron chi connectivity index (χ0n) is 9.22. The molecular formula is C10H15N3O3. The van der Waals surface area contributed by atoms with Crippen LogP contribution in [0.4, 0.5) is 0 Å². The molecule has 0 spiro atoms. The van der Waals surface area contributed by atoms with E-state index in [2.05, 4.69) is 10.2 Å². The summed E-state index contributed by atoms with van der Waals surface area (Å²) in [6.07, 6.45) is 1.03. The van der Waals surface area contributed by atoms with E-state index >= 15 is 0 Å². The average Bonchev–Trinajstić information content (AvgIpc) is 2.83. The van der Waals surface area contributed by atoms with Crippen LogP contribution in [0.2, 0.25) is 0 Å². The molecule has 6 nitrogen and oxygen atoms in total. The van der Waals surface area contributed by atoms with E-state index in [9.17, 15) is 4.79 Å². The maximum atomic E-state index is 10.6.